The fraction of sp³-hybridized carbons (Fsp3) is 0.500. The van der Waals surface area contributed by atoms with E-state index in [1.54, 1.807) is 0 Å². The van der Waals surface area contributed by atoms with E-state index >= 15 is 0 Å². The van der Waals surface area contributed by atoms with Gasteiger partial charge in [-0.15, -0.1) is 0 Å². The fourth-order valence-electron chi connectivity index (χ4n) is 2.25. The molecule has 0 aliphatic heterocycles. The predicted octanol–water partition coefficient (Wildman–Crippen LogP) is 4.55. The van der Waals surface area contributed by atoms with E-state index in [0.29, 0.717) is 0 Å². The first-order chi connectivity index (χ1) is 7.95. The van der Waals surface area contributed by atoms with E-state index in [1.807, 2.05) is 6.08 Å². The van der Waals surface area contributed by atoms with Crippen LogP contribution in [0.25, 0.3) is 0 Å². The number of rotatable bonds is 1. The lowest BCUT2D eigenvalue weighted by Gasteiger charge is -2.07. The molecule has 0 heteroatoms. The molecule has 0 saturated carbocycles. The molecule has 0 radical (unpaired) electrons. The van der Waals surface area contributed by atoms with Gasteiger partial charge in [0, 0.05) is 0 Å². The Balaban J connectivity index is 1.86. The lowest BCUT2D eigenvalue weighted by molar-refractivity contribution is 0.712. The minimum Gasteiger partial charge on any atom is -0.0813 e. The molecule has 0 N–H and O–H groups in total. The Morgan fingerprint density at radius 1 is 0.938 bits per heavy atom. The Hall–Kier alpha value is -1.22. The van der Waals surface area contributed by atoms with Crippen molar-refractivity contribution in [3.8, 4) is 11.8 Å². The molecule has 0 bridgehead atoms. The molecule has 0 aromatic heterocycles. The third-order valence-electron chi connectivity index (χ3n) is 3.23. The first-order valence-corrected chi connectivity index (χ1v) is 6.51. The van der Waals surface area contributed by atoms with Gasteiger partial charge in [-0.25, -0.2) is 0 Å². The van der Waals surface area contributed by atoms with E-state index in [0.717, 1.165) is 0 Å². The minimum absolute atomic E-state index is 1.18. The van der Waals surface area contributed by atoms with Gasteiger partial charge in [0.15, 0.2) is 0 Å². The van der Waals surface area contributed by atoms with Crippen LogP contribution in [-0.2, 0) is 0 Å². The molecule has 0 amide bonds. The van der Waals surface area contributed by atoms with Crippen molar-refractivity contribution in [2.75, 3.05) is 0 Å². The molecule has 0 nitrogen and oxygen atoms in total. The Labute approximate surface area is 99.1 Å². The first-order valence-electron chi connectivity index (χ1n) is 6.51. The van der Waals surface area contributed by atoms with E-state index < -0.39 is 0 Å². The molecule has 0 atom stereocenters. The van der Waals surface area contributed by atoms with Crippen LogP contribution < -0.4 is 0 Å². The minimum atomic E-state index is 1.18. The highest BCUT2D eigenvalue weighted by Gasteiger charge is 1.99. The SMILES string of the molecule is C(#CC1=CCCCC1)/C=C\C1=CCCCC1. The zero-order chi connectivity index (χ0) is 11.1. The van der Waals surface area contributed by atoms with E-state index in [-0.39, 0.29) is 0 Å². The van der Waals surface area contributed by atoms with Crippen LogP contribution in [-0.4, -0.2) is 0 Å². The zero-order valence-corrected chi connectivity index (χ0v) is 9.97. The second kappa shape index (κ2) is 6.38. The van der Waals surface area contributed by atoms with Crippen LogP contribution in [0.5, 0.6) is 0 Å². The Bertz CT molecular complexity index is 369. The second-order valence-electron chi connectivity index (χ2n) is 4.60. The average Bonchev–Trinajstić information content (AvgIpc) is 2.37. The van der Waals surface area contributed by atoms with Crippen molar-refractivity contribution in [3.63, 3.8) is 0 Å². The summed E-state index contributed by atoms with van der Waals surface area (Å²) in [7, 11) is 0. The maximum Gasteiger partial charge on any atom is -0.00160 e. The van der Waals surface area contributed by atoms with E-state index in [9.17, 15) is 0 Å². The van der Waals surface area contributed by atoms with Gasteiger partial charge in [-0.1, -0.05) is 35.6 Å². The monoisotopic (exact) mass is 212 g/mol. The van der Waals surface area contributed by atoms with Crippen LogP contribution >= 0.6 is 0 Å². The number of hydrogen-bond acceptors (Lipinski definition) is 0. The van der Waals surface area contributed by atoms with Crippen LogP contribution in [0.2, 0.25) is 0 Å². The summed E-state index contributed by atoms with van der Waals surface area (Å²) in [5.41, 5.74) is 2.81. The number of hydrogen-bond donors (Lipinski definition) is 0. The third-order valence-corrected chi connectivity index (χ3v) is 3.23. The fourth-order valence-corrected chi connectivity index (χ4v) is 2.25. The van der Waals surface area contributed by atoms with Crippen molar-refractivity contribution < 1.29 is 0 Å². The Kier molecular flexibility index (Phi) is 4.50. The molecule has 0 unspecified atom stereocenters. The molecular formula is C16H20. The number of allylic oxidation sites excluding steroid dienone is 6. The van der Waals surface area contributed by atoms with Gasteiger partial charge in [0.1, 0.15) is 0 Å². The van der Waals surface area contributed by atoms with Crippen molar-refractivity contribution in [3.05, 3.63) is 35.5 Å². The molecular weight excluding hydrogens is 192 g/mol. The van der Waals surface area contributed by atoms with Crippen molar-refractivity contribution >= 4 is 0 Å². The maximum atomic E-state index is 3.26. The van der Waals surface area contributed by atoms with Crippen LogP contribution in [0, 0.1) is 11.8 Å². The predicted molar refractivity (Wildman–Crippen MR) is 70.0 cm³/mol. The van der Waals surface area contributed by atoms with Crippen LogP contribution in [0.1, 0.15) is 51.4 Å². The van der Waals surface area contributed by atoms with Gasteiger partial charge in [-0.2, -0.15) is 0 Å². The summed E-state index contributed by atoms with van der Waals surface area (Å²) < 4.78 is 0. The summed E-state index contributed by atoms with van der Waals surface area (Å²) in [4.78, 5) is 0. The van der Waals surface area contributed by atoms with Gasteiger partial charge >= 0.3 is 0 Å². The van der Waals surface area contributed by atoms with Crippen LogP contribution in [0.15, 0.2) is 35.5 Å². The van der Waals surface area contributed by atoms with Crippen molar-refractivity contribution in [1.29, 1.82) is 0 Å². The summed E-state index contributed by atoms with van der Waals surface area (Å²) in [6, 6.07) is 0. The smallest absolute Gasteiger partial charge is 0.00160 e. The molecule has 2 aliphatic carbocycles. The third kappa shape index (κ3) is 3.74. The molecule has 0 saturated heterocycles. The molecule has 16 heavy (non-hydrogen) atoms. The second-order valence-corrected chi connectivity index (χ2v) is 4.60. The lowest BCUT2D eigenvalue weighted by Crippen LogP contribution is -1.88. The van der Waals surface area contributed by atoms with Gasteiger partial charge in [0.2, 0.25) is 0 Å². The van der Waals surface area contributed by atoms with Crippen LogP contribution in [0.3, 0.4) is 0 Å². The van der Waals surface area contributed by atoms with E-state index in [2.05, 4.69) is 30.1 Å². The van der Waals surface area contributed by atoms with Gasteiger partial charge in [-0.3, -0.25) is 0 Å². The molecule has 2 rings (SSSR count). The molecule has 0 aromatic rings. The topological polar surface area (TPSA) is 0 Å². The molecule has 2 aliphatic rings. The summed E-state index contributed by atoms with van der Waals surface area (Å²) in [6.45, 7) is 0. The largest absolute Gasteiger partial charge is 0.0813 e. The van der Waals surface area contributed by atoms with E-state index in [4.69, 9.17) is 0 Å². The molecule has 0 spiro atoms. The summed E-state index contributed by atoms with van der Waals surface area (Å²) in [5, 5.41) is 0. The first kappa shape index (κ1) is 11.3. The molecule has 84 valence electrons. The quantitative estimate of drug-likeness (QED) is 0.559. The highest BCUT2D eigenvalue weighted by Crippen LogP contribution is 2.18. The van der Waals surface area contributed by atoms with E-state index in [1.165, 1.54) is 62.5 Å². The summed E-state index contributed by atoms with van der Waals surface area (Å²) in [6.07, 6.45) is 19.1. The highest BCUT2D eigenvalue weighted by molar-refractivity contribution is 5.35. The zero-order valence-electron chi connectivity index (χ0n) is 9.97. The maximum absolute atomic E-state index is 3.26. The van der Waals surface area contributed by atoms with Gasteiger partial charge in [-0.05, 0) is 63.0 Å². The summed E-state index contributed by atoms with van der Waals surface area (Å²) in [5.74, 6) is 6.42. The summed E-state index contributed by atoms with van der Waals surface area (Å²) >= 11 is 0. The van der Waals surface area contributed by atoms with Gasteiger partial charge in [0.05, 0.1) is 0 Å². The standard InChI is InChI=1S/C16H20/c1-3-9-15(10-4-1)13-7-8-14-16-11-5-2-6-12-16/h7,9,11,13H,1-6,10,12H2/b13-7-. The molecule has 0 heterocycles. The normalized spacial score (nSPS) is 21.0. The van der Waals surface area contributed by atoms with Crippen LogP contribution in [0.4, 0.5) is 0 Å². The average molecular weight is 212 g/mol. The highest BCUT2D eigenvalue weighted by atomic mass is 14.0. The lowest BCUT2D eigenvalue weighted by atomic mass is 9.99. The Morgan fingerprint density at radius 2 is 1.75 bits per heavy atom. The molecule has 0 fully saturated rings. The molecule has 0 aromatic carbocycles. The van der Waals surface area contributed by atoms with Gasteiger partial charge < -0.3 is 0 Å². The van der Waals surface area contributed by atoms with Crippen molar-refractivity contribution in [2.24, 2.45) is 0 Å². The van der Waals surface area contributed by atoms with Gasteiger partial charge in [0.25, 0.3) is 0 Å². The van der Waals surface area contributed by atoms with Crippen molar-refractivity contribution in [2.45, 2.75) is 51.4 Å². The Morgan fingerprint density at radius 3 is 2.44 bits per heavy atom. The van der Waals surface area contributed by atoms with Crippen molar-refractivity contribution in [1.82, 2.24) is 0 Å².